The lowest BCUT2D eigenvalue weighted by Gasteiger charge is -2.13. The molecule has 0 aliphatic carbocycles. The number of carbonyl (C=O) groups is 1. The minimum atomic E-state index is -0.559. The Balaban J connectivity index is 1.69. The number of carbonyl (C=O) groups excluding carboxylic acids is 1. The number of ether oxygens (including phenoxy) is 1. The molecule has 0 bridgehead atoms. The Morgan fingerprint density at radius 1 is 1.00 bits per heavy atom. The first-order valence-corrected chi connectivity index (χ1v) is 10.1. The monoisotopic (exact) mass is 426 g/mol. The van der Waals surface area contributed by atoms with Crippen LogP contribution >= 0.6 is 0 Å². The highest BCUT2D eigenvalue weighted by atomic mass is 16.5. The maximum atomic E-state index is 13.2. The molecule has 3 aromatic carbocycles. The van der Waals surface area contributed by atoms with Crippen LogP contribution in [0.1, 0.15) is 28.7 Å². The quantitative estimate of drug-likeness (QED) is 0.377. The van der Waals surface area contributed by atoms with Gasteiger partial charge in [0.2, 0.25) is 5.82 Å². The molecule has 0 saturated heterocycles. The van der Waals surface area contributed by atoms with Gasteiger partial charge >= 0.3 is 5.91 Å². The second-order valence-electron chi connectivity index (χ2n) is 7.20. The Hall–Kier alpha value is -4.26. The maximum Gasteiger partial charge on any atom is 0.307 e. The fraction of sp³-hybridized carbons (Fsp3) is 0.120. The molecule has 0 aliphatic rings. The molecule has 160 valence electrons. The summed E-state index contributed by atoms with van der Waals surface area (Å²) < 4.78 is 6.54. The number of nitrogens with one attached hydrogen (secondary N) is 1. The third kappa shape index (κ3) is 4.41. The lowest BCUT2D eigenvalue weighted by molar-refractivity contribution is 0.0939. The van der Waals surface area contributed by atoms with Gasteiger partial charge in [0.1, 0.15) is 5.75 Å². The summed E-state index contributed by atoms with van der Waals surface area (Å²) in [5, 5.41) is 4.66. The molecule has 0 atom stereocenters. The van der Waals surface area contributed by atoms with Gasteiger partial charge in [-0.05, 0) is 54.4 Å². The first-order chi connectivity index (χ1) is 15.6. The lowest BCUT2D eigenvalue weighted by Crippen LogP contribution is -2.32. The highest BCUT2D eigenvalue weighted by molar-refractivity contribution is 6.00. The lowest BCUT2D eigenvalue weighted by atomic mass is 10.1. The molecule has 7 heteroatoms. The van der Waals surface area contributed by atoms with Crippen molar-refractivity contribution in [3.05, 3.63) is 106 Å². The van der Waals surface area contributed by atoms with Gasteiger partial charge in [-0.3, -0.25) is 14.2 Å². The summed E-state index contributed by atoms with van der Waals surface area (Å²) in [6.07, 6.45) is 0. The van der Waals surface area contributed by atoms with Crippen molar-refractivity contribution in [3.8, 4) is 5.75 Å². The molecule has 4 rings (SSSR count). The van der Waals surface area contributed by atoms with Crippen molar-refractivity contribution in [2.75, 3.05) is 7.11 Å². The molecule has 4 aromatic rings. The minimum Gasteiger partial charge on any atom is -0.497 e. The predicted octanol–water partition coefficient (Wildman–Crippen LogP) is 3.61. The van der Waals surface area contributed by atoms with E-state index in [1.165, 1.54) is 4.57 Å². The molecular formula is C25H22N4O3. The summed E-state index contributed by atoms with van der Waals surface area (Å²) in [6, 6.07) is 23.8. The van der Waals surface area contributed by atoms with Gasteiger partial charge in [0.05, 0.1) is 30.3 Å². The molecule has 1 N–H and O–H groups in total. The highest BCUT2D eigenvalue weighted by Crippen LogP contribution is 2.13. The normalized spacial score (nSPS) is 11.4. The standard InChI is InChI=1S/C25H22N4O3/c1-17(19-12-14-20(32-2)15-13-19)27-28-24(30)23-26-22-11-7-6-10-21(22)25(31)29(23)16-18-8-4-3-5-9-18/h3-15H,16H2,1-2H3,(H,28,30)/b27-17-. The molecule has 0 unspecified atom stereocenters. The minimum absolute atomic E-state index is 0.00355. The van der Waals surface area contributed by atoms with Gasteiger partial charge in [-0.2, -0.15) is 5.10 Å². The first-order valence-electron chi connectivity index (χ1n) is 10.1. The van der Waals surface area contributed by atoms with E-state index in [1.54, 1.807) is 38.3 Å². The van der Waals surface area contributed by atoms with Gasteiger partial charge < -0.3 is 4.74 Å². The van der Waals surface area contributed by atoms with Crippen LogP contribution in [0.2, 0.25) is 0 Å². The molecule has 0 spiro atoms. The van der Waals surface area contributed by atoms with Gasteiger partial charge in [0, 0.05) is 0 Å². The molecule has 0 aliphatic heterocycles. The number of nitrogens with zero attached hydrogens (tertiary/aromatic N) is 3. The molecule has 0 saturated carbocycles. The Morgan fingerprint density at radius 3 is 2.41 bits per heavy atom. The number of aromatic nitrogens is 2. The number of hydrogen-bond donors (Lipinski definition) is 1. The van der Waals surface area contributed by atoms with E-state index in [2.05, 4.69) is 15.5 Å². The second-order valence-corrected chi connectivity index (χ2v) is 7.20. The number of methoxy groups -OCH3 is 1. The van der Waals surface area contributed by atoms with E-state index in [-0.39, 0.29) is 17.9 Å². The van der Waals surface area contributed by atoms with Gasteiger partial charge in [-0.15, -0.1) is 0 Å². The van der Waals surface area contributed by atoms with E-state index in [0.717, 1.165) is 16.9 Å². The topological polar surface area (TPSA) is 85.6 Å². The fourth-order valence-corrected chi connectivity index (χ4v) is 3.34. The summed E-state index contributed by atoms with van der Waals surface area (Å²) in [4.78, 5) is 30.7. The number of rotatable bonds is 6. The number of amides is 1. The first kappa shape index (κ1) is 21.0. The summed E-state index contributed by atoms with van der Waals surface area (Å²) in [5.41, 5.74) is 5.05. The zero-order valence-corrected chi connectivity index (χ0v) is 17.8. The molecule has 1 heterocycles. The summed E-state index contributed by atoms with van der Waals surface area (Å²) in [6.45, 7) is 2.01. The third-order valence-corrected chi connectivity index (χ3v) is 5.08. The number of fused-ring (bicyclic) bond motifs is 1. The van der Waals surface area contributed by atoms with Crippen LogP contribution in [0.4, 0.5) is 0 Å². The largest absolute Gasteiger partial charge is 0.497 e. The number of benzene rings is 3. The molecule has 32 heavy (non-hydrogen) atoms. The Labute approximate surface area is 185 Å². The van der Waals surface area contributed by atoms with E-state index in [4.69, 9.17) is 4.74 Å². The average Bonchev–Trinajstić information content (AvgIpc) is 2.84. The van der Waals surface area contributed by atoms with Crippen molar-refractivity contribution in [2.45, 2.75) is 13.5 Å². The smallest absolute Gasteiger partial charge is 0.307 e. The van der Waals surface area contributed by atoms with E-state index in [0.29, 0.717) is 16.6 Å². The number of hydrogen-bond acceptors (Lipinski definition) is 5. The van der Waals surface area contributed by atoms with Crippen LogP contribution in [-0.4, -0.2) is 28.3 Å². The molecule has 0 radical (unpaired) electrons. The van der Waals surface area contributed by atoms with Crippen LogP contribution in [-0.2, 0) is 6.54 Å². The number of hydrazone groups is 1. The van der Waals surface area contributed by atoms with Crippen LogP contribution < -0.4 is 15.7 Å². The average molecular weight is 426 g/mol. The molecule has 1 aromatic heterocycles. The predicted molar refractivity (Wildman–Crippen MR) is 124 cm³/mol. The molecule has 7 nitrogen and oxygen atoms in total. The Morgan fingerprint density at radius 2 is 1.69 bits per heavy atom. The summed E-state index contributed by atoms with van der Waals surface area (Å²) in [5.74, 6) is 0.177. The SMILES string of the molecule is COc1ccc(/C(C)=N\NC(=O)c2nc3ccccc3c(=O)n2Cc2ccccc2)cc1. The van der Waals surface area contributed by atoms with Crippen molar-refractivity contribution in [2.24, 2.45) is 5.10 Å². The van der Waals surface area contributed by atoms with Crippen molar-refractivity contribution in [3.63, 3.8) is 0 Å². The van der Waals surface area contributed by atoms with E-state index < -0.39 is 5.91 Å². The van der Waals surface area contributed by atoms with E-state index in [1.807, 2.05) is 54.6 Å². The zero-order chi connectivity index (χ0) is 22.5. The van der Waals surface area contributed by atoms with Gasteiger partial charge in [0.25, 0.3) is 5.56 Å². The third-order valence-electron chi connectivity index (χ3n) is 5.08. The Bertz CT molecular complexity index is 1340. The van der Waals surface area contributed by atoms with Crippen molar-refractivity contribution in [1.82, 2.24) is 15.0 Å². The fourth-order valence-electron chi connectivity index (χ4n) is 3.34. The van der Waals surface area contributed by atoms with Crippen molar-refractivity contribution < 1.29 is 9.53 Å². The van der Waals surface area contributed by atoms with Gasteiger partial charge in [-0.1, -0.05) is 42.5 Å². The van der Waals surface area contributed by atoms with Crippen LogP contribution in [0.25, 0.3) is 10.9 Å². The van der Waals surface area contributed by atoms with Crippen LogP contribution in [0.15, 0.2) is 88.8 Å². The van der Waals surface area contributed by atoms with Crippen LogP contribution in [0.5, 0.6) is 5.75 Å². The van der Waals surface area contributed by atoms with Crippen LogP contribution in [0.3, 0.4) is 0 Å². The summed E-state index contributed by atoms with van der Waals surface area (Å²) in [7, 11) is 1.60. The Kier molecular flexibility index (Phi) is 6.07. The van der Waals surface area contributed by atoms with E-state index >= 15 is 0 Å². The van der Waals surface area contributed by atoms with Crippen molar-refractivity contribution in [1.29, 1.82) is 0 Å². The van der Waals surface area contributed by atoms with Gasteiger partial charge in [0.15, 0.2) is 0 Å². The van der Waals surface area contributed by atoms with E-state index in [9.17, 15) is 9.59 Å². The summed E-state index contributed by atoms with van der Waals surface area (Å²) >= 11 is 0. The highest BCUT2D eigenvalue weighted by Gasteiger charge is 2.17. The van der Waals surface area contributed by atoms with Gasteiger partial charge in [-0.25, -0.2) is 10.4 Å². The number of para-hydroxylation sites is 1. The molecule has 1 amide bonds. The molecular weight excluding hydrogens is 404 g/mol. The van der Waals surface area contributed by atoms with Crippen LogP contribution in [0, 0.1) is 0 Å². The second kappa shape index (κ2) is 9.26. The van der Waals surface area contributed by atoms with Crippen molar-refractivity contribution >= 4 is 22.5 Å². The zero-order valence-electron chi connectivity index (χ0n) is 17.8. The maximum absolute atomic E-state index is 13.2. The molecule has 0 fully saturated rings.